The summed E-state index contributed by atoms with van der Waals surface area (Å²) in [7, 11) is 0. The van der Waals surface area contributed by atoms with Crippen molar-refractivity contribution in [2.75, 3.05) is 11.9 Å². The van der Waals surface area contributed by atoms with E-state index in [-0.39, 0.29) is 0 Å². The van der Waals surface area contributed by atoms with Crippen molar-refractivity contribution < 1.29 is 0 Å². The van der Waals surface area contributed by atoms with Crippen LogP contribution < -0.4 is 5.32 Å². The largest absolute Gasteiger partial charge is 0.369 e. The van der Waals surface area contributed by atoms with Gasteiger partial charge in [-0.05, 0) is 53.7 Å². The molecule has 0 aliphatic carbocycles. The average molecular weight is 348 g/mol. The Labute approximate surface area is 135 Å². The third-order valence-corrected chi connectivity index (χ3v) is 4.25. The fourth-order valence-corrected chi connectivity index (χ4v) is 3.19. The summed E-state index contributed by atoms with van der Waals surface area (Å²) in [5.74, 6) is 2.00. The minimum absolute atomic E-state index is 0.336. The van der Waals surface area contributed by atoms with Crippen LogP contribution in [0.4, 0.5) is 5.82 Å². The van der Waals surface area contributed by atoms with Gasteiger partial charge >= 0.3 is 0 Å². The van der Waals surface area contributed by atoms with Gasteiger partial charge in [-0.3, -0.25) is 0 Å². The summed E-state index contributed by atoms with van der Waals surface area (Å²) in [5.41, 5.74) is 4.58. The smallest absolute Gasteiger partial charge is 0.162 e. The molecule has 112 valence electrons. The SMILES string of the molecule is CCNc1nc(-c2c(C)cccc2C)nc(C(C)C)c1Br. The molecular formula is C17H22BrN3. The first-order chi connectivity index (χ1) is 9.95. The van der Waals surface area contributed by atoms with Crippen LogP contribution in [0.25, 0.3) is 11.4 Å². The van der Waals surface area contributed by atoms with E-state index >= 15 is 0 Å². The fraction of sp³-hybridized carbons (Fsp3) is 0.412. The molecule has 0 aliphatic heterocycles. The fourth-order valence-electron chi connectivity index (χ4n) is 2.41. The highest BCUT2D eigenvalue weighted by Gasteiger charge is 2.17. The minimum Gasteiger partial charge on any atom is -0.369 e. The molecule has 1 aromatic carbocycles. The molecule has 0 saturated heterocycles. The van der Waals surface area contributed by atoms with Gasteiger partial charge in [-0.25, -0.2) is 9.97 Å². The molecule has 1 N–H and O–H groups in total. The quantitative estimate of drug-likeness (QED) is 0.837. The van der Waals surface area contributed by atoms with E-state index in [0.29, 0.717) is 5.92 Å². The van der Waals surface area contributed by atoms with Gasteiger partial charge in [-0.2, -0.15) is 0 Å². The highest BCUT2D eigenvalue weighted by atomic mass is 79.9. The van der Waals surface area contributed by atoms with Gasteiger partial charge < -0.3 is 5.32 Å². The van der Waals surface area contributed by atoms with Crippen LogP contribution in [-0.4, -0.2) is 16.5 Å². The molecule has 0 amide bonds. The van der Waals surface area contributed by atoms with Gasteiger partial charge in [-0.15, -0.1) is 0 Å². The predicted octanol–water partition coefficient (Wildman–Crippen LogP) is 5.08. The Kier molecular flexibility index (Phi) is 4.99. The maximum absolute atomic E-state index is 4.81. The zero-order valence-electron chi connectivity index (χ0n) is 13.3. The van der Waals surface area contributed by atoms with Gasteiger partial charge in [0.15, 0.2) is 5.82 Å². The van der Waals surface area contributed by atoms with E-state index in [9.17, 15) is 0 Å². The molecule has 3 nitrogen and oxygen atoms in total. The first kappa shape index (κ1) is 16.0. The number of benzene rings is 1. The summed E-state index contributed by atoms with van der Waals surface area (Å²) < 4.78 is 0.967. The van der Waals surface area contributed by atoms with Crippen LogP contribution in [-0.2, 0) is 0 Å². The van der Waals surface area contributed by atoms with Crippen LogP contribution in [0.1, 0.15) is 43.5 Å². The number of hydrogen-bond acceptors (Lipinski definition) is 3. The van der Waals surface area contributed by atoms with E-state index in [1.165, 1.54) is 11.1 Å². The molecule has 0 unspecified atom stereocenters. The van der Waals surface area contributed by atoms with Gasteiger partial charge in [0.2, 0.25) is 0 Å². The molecule has 0 bridgehead atoms. The van der Waals surface area contributed by atoms with Crippen LogP contribution in [0.3, 0.4) is 0 Å². The number of halogens is 1. The van der Waals surface area contributed by atoms with Crippen molar-refractivity contribution in [1.29, 1.82) is 0 Å². The van der Waals surface area contributed by atoms with Crippen molar-refractivity contribution in [3.05, 3.63) is 39.5 Å². The van der Waals surface area contributed by atoms with Gasteiger partial charge in [-0.1, -0.05) is 32.0 Å². The zero-order valence-corrected chi connectivity index (χ0v) is 14.9. The van der Waals surface area contributed by atoms with Crippen molar-refractivity contribution in [1.82, 2.24) is 9.97 Å². The molecule has 0 atom stereocenters. The summed E-state index contributed by atoms with van der Waals surface area (Å²) in [6.07, 6.45) is 0. The molecule has 0 spiro atoms. The topological polar surface area (TPSA) is 37.8 Å². The second-order valence-corrected chi connectivity index (χ2v) is 6.34. The minimum atomic E-state index is 0.336. The van der Waals surface area contributed by atoms with Crippen molar-refractivity contribution in [2.45, 2.75) is 40.5 Å². The lowest BCUT2D eigenvalue weighted by Crippen LogP contribution is -2.08. The number of nitrogens with one attached hydrogen (secondary N) is 1. The molecule has 4 heteroatoms. The van der Waals surface area contributed by atoms with E-state index in [4.69, 9.17) is 9.97 Å². The van der Waals surface area contributed by atoms with Gasteiger partial charge in [0.05, 0.1) is 10.2 Å². The predicted molar refractivity (Wildman–Crippen MR) is 92.9 cm³/mol. The maximum atomic E-state index is 4.81. The van der Waals surface area contributed by atoms with Crippen LogP contribution in [0.15, 0.2) is 22.7 Å². The summed E-state index contributed by atoms with van der Waals surface area (Å²) >= 11 is 3.64. The standard InChI is InChI=1S/C17H22BrN3/c1-6-19-17-14(18)15(10(2)3)20-16(21-17)13-11(4)8-7-9-12(13)5/h7-10H,6H2,1-5H3,(H,19,20,21). The lowest BCUT2D eigenvalue weighted by Gasteiger charge is -2.16. The molecule has 0 aliphatic rings. The highest BCUT2D eigenvalue weighted by molar-refractivity contribution is 9.10. The van der Waals surface area contributed by atoms with Crippen molar-refractivity contribution in [2.24, 2.45) is 0 Å². The summed E-state index contributed by atoms with van der Waals surface area (Å²) in [6, 6.07) is 6.28. The van der Waals surface area contributed by atoms with Crippen LogP contribution >= 0.6 is 15.9 Å². The Morgan fingerprint density at radius 2 is 1.76 bits per heavy atom. The molecule has 0 radical (unpaired) electrons. The number of aryl methyl sites for hydroxylation is 2. The van der Waals surface area contributed by atoms with Crippen molar-refractivity contribution >= 4 is 21.7 Å². The van der Waals surface area contributed by atoms with Crippen LogP contribution in [0.2, 0.25) is 0 Å². The van der Waals surface area contributed by atoms with E-state index < -0.39 is 0 Å². The Balaban J connectivity index is 2.69. The lowest BCUT2D eigenvalue weighted by atomic mass is 10.0. The maximum Gasteiger partial charge on any atom is 0.162 e. The molecule has 0 fully saturated rings. The number of hydrogen-bond donors (Lipinski definition) is 1. The summed E-state index contributed by atoms with van der Waals surface area (Å²) in [6.45, 7) is 11.4. The lowest BCUT2D eigenvalue weighted by molar-refractivity contribution is 0.809. The number of anilines is 1. The van der Waals surface area contributed by atoms with Gasteiger partial charge in [0.25, 0.3) is 0 Å². The van der Waals surface area contributed by atoms with E-state index in [1.807, 2.05) is 0 Å². The Morgan fingerprint density at radius 3 is 2.29 bits per heavy atom. The summed E-state index contributed by atoms with van der Waals surface area (Å²) in [4.78, 5) is 9.54. The molecular weight excluding hydrogens is 326 g/mol. The molecule has 21 heavy (non-hydrogen) atoms. The number of aromatic nitrogens is 2. The highest BCUT2D eigenvalue weighted by Crippen LogP contribution is 2.33. The monoisotopic (exact) mass is 347 g/mol. The second-order valence-electron chi connectivity index (χ2n) is 5.55. The third-order valence-electron chi connectivity index (χ3n) is 3.47. The van der Waals surface area contributed by atoms with Crippen molar-refractivity contribution in [3.8, 4) is 11.4 Å². The van der Waals surface area contributed by atoms with E-state index in [1.54, 1.807) is 0 Å². The zero-order chi connectivity index (χ0) is 15.6. The molecule has 1 aromatic heterocycles. The molecule has 1 heterocycles. The summed E-state index contributed by atoms with van der Waals surface area (Å²) in [5, 5.41) is 3.32. The molecule has 0 saturated carbocycles. The Hall–Kier alpha value is -1.42. The first-order valence-electron chi connectivity index (χ1n) is 7.33. The van der Waals surface area contributed by atoms with Crippen LogP contribution in [0, 0.1) is 13.8 Å². The molecule has 2 aromatic rings. The number of nitrogens with zero attached hydrogens (tertiary/aromatic N) is 2. The van der Waals surface area contributed by atoms with Crippen LogP contribution in [0.5, 0.6) is 0 Å². The van der Waals surface area contributed by atoms with Gasteiger partial charge in [0, 0.05) is 12.1 Å². The molecule has 2 rings (SSSR count). The van der Waals surface area contributed by atoms with Crippen molar-refractivity contribution in [3.63, 3.8) is 0 Å². The average Bonchev–Trinajstić information content (AvgIpc) is 2.41. The first-order valence-corrected chi connectivity index (χ1v) is 8.12. The van der Waals surface area contributed by atoms with Gasteiger partial charge in [0.1, 0.15) is 5.82 Å². The Morgan fingerprint density at radius 1 is 1.14 bits per heavy atom. The Bertz CT molecular complexity index is 630. The van der Waals surface area contributed by atoms with E-state index in [2.05, 4.69) is 74.1 Å². The number of rotatable bonds is 4. The van der Waals surface area contributed by atoms with E-state index in [0.717, 1.165) is 33.9 Å². The second kappa shape index (κ2) is 6.56. The third kappa shape index (κ3) is 3.26. The normalized spacial score (nSPS) is 11.0.